The molecule has 0 aromatic heterocycles. The average molecular weight is 389 g/mol. The molecule has 0 bridgehead atoms. The number of hydrogen-bond acceptors (Lipinski definition) is 4. The van der Waals surface area contributed by atoms with Gasteiger partial charge in [-0.3, -0.25) is 4.79 Å². The molecule has 1 N–H and O–H groups in total. The number of hydrogen-bond donors (Lipinski definition) is 1. The lowest BCUT2D eigenvalue weighted by Gasteiger charge is -2.32. The predicted octanol–water partition coefficient (Wildman–Crippen LogP) is 2.29. The molecule has 0 saturated carbocycles. The lowest BCUT2D eigenvalue weighted by molar-refractivity contribution is -0.131. The topological polar surface area (TPSA) is 66.5 Å². The number of amides is 1. The van der Waals surface area contributed by atoms with Gasteiger partial charge in [0.15, 0.2) is 9.84 Å². The maximum atomic E-state index is 12.4. The molecule has 7 heteroatoms. The van der Waals surface area contributed by atoms with Gasteiger partial charge in [-0.1, -0.05) is 19.1 Å². The third-order valence-electron chi connectivity index (χ3n) is 4.79. The van der Waals surface area contributed by atoms with Crippen LogP contribution in [0.2, 0.25) is 0 Å². The number of nitrogens with zero attached hydrogens (tertiary/aromatic N) is 1. The summed E-state index contributed by atoms with van der Waals surface area (Å²) in [7, 11) is -1.21. The zero-order chi connectivity index (χ0) is 17.6. The van der Waals surface area contributed by atoms with E-state index in [1.807, 2.05) is 11.9 Å². The van der Waals surface area contributed by atoms with Crippen molar-refractivity contribution >= 4 is 28.2 Å². The summed E-state index contributed by atoms with van der Waals surface area (Å²) in [6.07, 6.45) is 3.65. The highest BCUT2D eigenvalue weighted by Gasteiger charge is 2.22. The van der Waals surface area contributed by atoms with E-state index in [9.17, 15) is 13.2 Å². The SMILES string of the molecule is CCS(=O)(=O)c1ccc(CC(=O)N2CCC(CCNC)CC2)cc1.Cl. The van der Waals surface area contributed by atoms with Crippen molar-refractivity contribution in [2.24, 2.45) is 5.92 Å². The average Bonchev–Trinajstić information content (AvgIpc) is 2.60. The van der Waals surface area contributed by atoms with Crippen LogP contribution >= 0.6 is 12.4 Å². The first-order valence-corrected chi connectivity index (χ1v) is 10.4. The third kappa shape index (κ3) is 6.28. The Morgan fingerprint density at radius 3 is 2.32 bits per heavy atom. The Bertz CT molecular complexity index is 639. The van der Waals surface area contributed by atoms with Crippen LogP contribution in [0.5, 0.6) is 0 Å². The van der Waals surface area contributed by atoms with Crippen LogP contribution in [0.3, 0.4) is 0 Å². The molecule has 1 aliphatic rings. The number of carbonyl (C=O) groups is 1. The number of piperidine rings is 1. The molecule has 1 aromatic rings. The molecule has 5 nitrogen and oxygen atoms in total. The molecule has 1 aromatic carbocycles. The van der Waals surface area contributed by atoms with Crippen molar-refractivity contribution in [3.05, 3.63) is 29.8 Å². The number of sulfone groups is 1. The molecule has 1 amide bonds. The monoisotopic (exact) mass is 388 g/mol. The zero-order valence-electron chi connectivity index (χ0n) is 15.0. The molecule has 2 rings (SSSR count). The Balaban J connectivity index is 0.00000312. The normalized spacial score (nSPS) is 15.7. The van der Waals surface area contributed by atoms with Crippen LogP contribution in [0, 0.1) is 5.92 Å². The van der Waals surface area contributed by atoms with Crippen LogP contribution in [0.15, 0.2) is 29.2 Å². The van der Waals surface area contributed by atoms with Crippen LogP contribution in [-0.4, -0.2) is 51.7 Å². The fourth-order valence-corrected chi connectivity index (χ4v) is 3.97. The van der Waals surface area contributed by atoms with Crippen molar-refractivity contribution in [2.75, 3.05) is 32.4 Å². The van der Waals surface area contributed by atoms with Crippen LogP contribution in [0.25, 0.3) is 0 Å². The van der Waals surface area contributed by atoms with Crippen molar-refractivity contribution in [3.63, 3.8) is 0 Å². The lowest BCUT2D eigenvalue weighted by Crippen LogP contribution is -2.39. The number of rotatable bonds is 7. The van der Waals surface area contributed by atoms with Gasteiger partial charge in [-0.05, 0) is 56.5 Å². The maximum absolute atomic E-state index is 12.4. The summed E-state index contributed by atoms with van der Waals surface area (Å²) < 4.78 is 23.6. The molecule has 1 saturated heterocycles. The fraction of sp³-hybridized carbons (Fsp3) is 0.611. The minimum Gasteiger partial charge on any atom is -0.342 e. The molecule has 0 unspecified atom stereocenters. The van der Waals surface area contributed by atoms with Crippen LogP contribution in [-0.2, 0) is 21.1 Å². The molecule has 25 heavy (non-hydrogen) atoms. The summed E-state index contributed by atoms with van der Waals surface area (Å²) in [5, 5.41) is 3.18. The van der Waals surface area contributed by atoms with Crippen LogP contribution in [0.4, 0.5) is 0 Å². The Kier molecular flexibility index (Phi) is 8.89. The molecule has 1 fully saturated rings. The number of nitrogens with one attached hydrogen (secondary N) is 1. The Hall–Kier alpha value is -1.11. The van der Waals surface area contributed by atoms with E-state index in [-0.39, 0.29) is 24.1 Å². The molecule has 0 atom stereocenters. The van der Waals surface area contributed by atoms with Crippen molar-refractivity contribution in [3.8, 4) is 0 Å². The molecule has 1 aliphatic heterocycles. The van der Waals surface area contributed by atoms with E-state index in [1.165, 1.54) is 6.42 Å². The van der Waals surface area contributed by atoms with Gasteiger partial charge < -0.3 is 10.2 Å². The van der Waals surface area contributed by atoms with Crippen LogP contribution in [0.1, 0.15) is 31.7 Å². The van der Waals surface area contributed by atoms with Crippen molar-refractivity contribution in [1.82, 2.24) is 10.2 Å². The summed E-state index contributed by atoms with van der Waals surface area (Å²) >= 11 is 0. The summed E-state index contributed by atoms with van der Waals surface area (Å²) in [6, 6.07) is 6.71. The summed E-state index contributed by atoms with van der Waals surface area (Å²) in [6.45, 7) is 4.32. The zero-order valence-corrected chi connectivity index (χ0v) is 16.7. The third-order valence-corrected chi connectivity index (χ3v) is 6.54. The predicted molar refractivity (Wildman–Crippen MR) is 103 cm³/mol. The number of halogens is 1. The Morgan fingerprint density at radius 1 is 1.20 bits per heavy atom. The Morgan fingerprint density at radius 2 is 1.80 bits per heavy atom. The number of carbonyl (C=O) groups excluding carboxylic acids is 1. The second-order valence-corrected chi connectivity index (χ2v) is 8.72. The van der Waals surface area contributed by atoms with E-state index in [1.54, 1.807) is 31.2 Å². The van der Waals surface area contributed by atoms with E-state index in [0.717, 1.165) is 38.0 Å². The van der Waals surface area contributed by atoms with Gasteiger partial charge in [-0.25, -0.2) is 8.42 Å². The van der Waals surface area contributed by atoms with E-state index in [2.05, 4.69) is 5.32 Å². The van der Waals surface area contributed by atoms with Gasteiger partial charge in [0.2, 0.25) is 5.91 Å². The van der Waals surface area contributed by atoms with Gasteiger partial charge in [-0.15, -0.1) is 12.4 Å². The molecule has 1 heterocycles. The first-order valence-electron chi connectivity index (χ1n) is 8.70. The van der Waals surface area contributed by atoms with Crippen molar-refractivity contribution < 1.29 is 13.2 Å². The summed E-state index contributed by atoms with van der Waals surface area (Å²) in [4.78, 5) is 14.7. The van der Waals surface area contributed by atoms with Gasteiger partial charge in [0.1, 0.15) is 0 Å². The van der Waals surface area contributed by atoms with Gasteiger partial charge in [0.25, 0.3) is 0 Å². The lowest BCUT2D eigenvalue weighted by atomic mass is 9.93. The highest BCUT2D eigenvalue weighted by atomic mass is 35.5. The fourth-order valence-electron chi connectivity index (χ4n) is 3.09. The van der Waals surface area contributed by atoms with Gasteiger partial charge in [0, 0.05) is 13.1 Å². The van der Waals surface area contributed by atoms with Crippen LogP contribution < -0.4 is 5.32 Å². The molecular formula is C18H29ClN2O3S. The minimum absolute atomic E-state index is 0. The quantitative estimate of drug-likeness (QED) is 0.778. The second kappa shape index (κ2) is 10.1. The molecule has 142 valence electrons. The van der Waals surface area contributed by atoms with E-state index in [4.69, 9.17) is 0 Å². The van der Waals surface area contributed by atoms with Gasteiger partial charge >= 0.3 is 0 Å². The minimum atomic E-state index is -3.18. The van der Waals surface area contributed by atoms with Gasteiger partial charge in [0.05, 0.1) is 17.1 Å². The first kappa shape index (κ1) is 21.9. The highest BCUT2D eigenvalue weighted by Crippen LogP contribution is 2.21. The molecule has 0 spiro atoms. The standard InChI is InChI=1S/C18H28N2O3S.ClH/c1-3-24(22,23)17-6-4-16(5-7-17)14-18(21)20-12-9-15(10-13-20)8-11-19-2;/h4-7,15,19H,3,8-14H2,1-2H3;1H. The number of likely N-dealkylation sites (tertiary alicyclic amines) is 1. The second-order valence-electron chi connectivity index (χ2n) is 6.44. The summed E-state index contributed by atoms with van der Waals surface area (Å²) in [5.41, 5.74) is 0.868. The molecular weight excluding hydrogens is 360 g/mol. The Labute approximate surface area is 157 Å². The van der Waals surface area contributed by atoms with E-state index < -0.39 is 9.84 Å². The van der Waals surface area contributed by atoms with Crippen molar-refractivity contribution in [1.29, 1.82) is 0 Å². The van der Waals surface area contributed by atoms with Gasteiger partial charge in [-0.2, -0.15) is 0 Å². The largest absolute Gasteiger partial charge is 0.342 e. The first-order chi connectivity index (χ1) is 11.5. The molecule has 0 radical (unpaired) electrons. The van der Waals surface area contributed by atoms with E-state index in [0.29, 0.717) is 17.2 Å². The highest BCUT2D eigenvalue weighted by molar-refractivity contribution is 7.91. The van der Waals surface area contributed by atoms with Crippen molar-refractivity contribution in [2.45, 2.75) is 37.5 Å². The summed E-state index contributed by atoms with van der Waals surface area (Å²) in [5.74, 6) is 0.932. The molecule has 0 aliphatic carbocycles. The number of benzene rings is 1. The van der Waals surface area contributed by atoms with E-state index >= 15 is 0 Å². The smallest absolute Gasteiger partial charge is 0.226 e. The maximum Gasteiger partial charge on any atom is 0.226 e.